The van der Waals surface area contributed by atoms with Crippen LogP contribution < -0.4 is 5.32 Å². The number of nitrogens with one attached hydrogen (secondary N) is 1. The van der Waals surface area contributed by atoms with Crippen LogP contribution in [0.5, 0.6) is 0 Å². The van der Waals surface area contributed by atoms with E-state index in [1.807, 2.05) is 0 Å². The van der Waals surface area contributed by atoms with Gasteiger partial charge in [0, 0.05) is 24.5 Å². The molecule has 20 heavy (non-hydrogen) atoms. The van der Waals surface area contributed by atoms with Gasteiger partial charge in [0.25, 0.3) is 0 Å². The smallest absolute Gasteiger partial charge is 0.357 e. The maximum Gasteiger partial charge on any atom is 0.357 e. The molecule has 5 nitrogen and oxygen atoms in total. The van der Waals surface area contributed by atoms with Crippen LogP contribution in [0, 0.1) is 0 Å². The van der Waals surface area contributed by atoms with Crippen molar-refractivity contribution in [3.8, 4) is 0 Å². The number of thiazole rings is 1. The maximum absolute atomic E-state index is 11.6. The van der Waals surface area contributed by atoms with E-state index in [0.717, 1.165) is 31.1 Å². The van der Waals surface area contributed by atoms with Crippen LogP contribution in [0.4, 0.5) is 5.13 Å². The summed E-state index contributed by atoms with van der Waals surface area (Å²) in [5, 5.41) is 6.01. The van der Waals surface area contributed by atoms with Crippen LogP contribution in [0.15, 0.2) is 5.38 Å². The zero-order valence-electron chi connectivity index (χ0n) is 12.2. The summed E-state index contributed by atoms with van der Waals surface area (Å²) in [5.41, 5.74) is 0.405. The number of piperidine rings is 1. The van der Waals surface area contributed by atoms with Gasteiger partial charge in [-0.1, -0.05) is 6.92 Å². The predicted octanol–water partition coefficient (Wildman–Crippen LogP) is 2.61. The lowest BCUT2D eigenvalue weighted by atomic mass is 10.1. The summed E-state index contributed by atoms with van der Waals surface area (Å²) >= 11 is 1.47. The molecule has 1 fully saturated rings. The number of carbonyl (C=O) groups is 1. The highest BCUT2D eigenvalue weighted by Crippen LogP contribution is 2.21. The molecule has 1 saturated heterocycles. The average Bonchev–Trinajstić information content (AvgIpc) is 2.90. The van der Waals surface area contributed by atoms with Crippen molar-refractivity contribution >= 4 is 22.4 Å². The van der Waals surface area contributed by atoms with Crippen LogP contribution in [0.3, 0.4) is 0 Å². The summed E-state index contributed by atoms with van der Waals surface area (Å²) in [6, 6.07) is 0.462. The van der Waals surface area contributed by atoms with Gasteiger partial charge < -0.3 is 15.0 Å². The zero-order chi connectivity index (χ0) is 14.4. The molecule has 1 aromatic rings. The number of ether oxygens (including phenoxy) is 1. The molecule has 2 heterocycles. The van der Waals surface area contributed by atoms with E-state index in [2.05, 4.69) is 22.1 Å². The lowest BCUT2D eigenvalue weighted by molar-refractivity contribution is 0.0520. The van der Waals surface area contributed by atoms with Crippen molar-refractivity contribution in [1.82, 2.24) is 9.88 Å². The Morgan fingerprint density at radius 1 is 1.50 bits per heavy atom. The second kappa shape index (κ2) is 7.59. The summed E-state index contributed by atoms with van der Waals surface area (Å²) in [5.74, 6) is -0.338. The fraction of sp³-hybridized carbons (Fsp3) is 0.714. The van der Waals surface area contributed by atoms with Crippen LogP contribution in [-0.2, 0) is 4.74 Å². The Kier molecular flexibility index (Phi) is 5.79. The van der Waals surface area contributed by atoms with E-state index in [9.17, 15) is 4.79 Å². The van der Waals surface area contributed by atoms with Crippen molar-refractivity contribution in [2.45, 2.75) is 39.2 Å². The van der Waals surface area contributed by atoms with Crippen molar-refractivity contribution in [2.75, 3.05) is 31.6 Å². The molecule has 112 valence electrons. The van der Waals surface area contributed by atoms with Gasteiger partial charge >= 0.3 is 5.97 Å². The summed E-state index contributed by atoms with van der Waals surface area (Å²) in [6.45, 7) is 7.87. The van der Waals surface area contributed by atoms with E-state index >= 15 is 0 Å². The molecule has 0 amide bonds. The van der Waals surface area contributed by atoms with E-state index in [0.29, 0.717) is 18.3 Å². The van der Waals surface area contributed by atoms with E-state index in [1.54, 1.807) is 12.3 Å². The molecular formula is C14H23N3O2S. The van der Waals surface area contributed by atoms with Gasteiger partial charge in [0.15, 0.2) is 10.8 Å². The lowest BCUT2D eigenvalue weighted by Gasteiger charge is -2.31. The Hall–Kier alpha value is -1.14. The Bertz CT molecular complexity index is 428. The molecular weight excluding hydrogens is 274 g/mol. The largest absolute Gasteiger partial charge is 0.461 e. The third-order valence-electron chi connectivity index (χ3n) is 3.44. The predicted molar refractivity (Wildman–Crippen MR) is 81.4 cm³/mol. The van der Waals surface area contributed by atoms with Crippen LogP contribution in [0.1, 0.15) is 43.6 Å². The van der Waals surface area contributed by atoms with E-state index in [4.69, 9.17) is 4.74 Å². The highest BCUT2D eigenvalue weighted by Gasteiger charge is 2.20. The molecule has 1 aliphatic rings. The van der Waals surface area contributed by atoms with Crippen molar-refractivity contribution < 1.29 is 9.53 Å². The molecule has 0 aromatic carbocycles. The van der Waals surface area contributed by atoms with Crippen LogP contribution in [0.25, 0.3) is 0 Å². The molecule has 1 aromatic heterocycles. The molecule has 0 atom stereocenters. The minimum atomic E-state index is -0.338. The van der Waals surface area contributed by atoms with Gasteiger partial charge in [-0.05, 0) is 32.7 Å². The Morgan fingerprint density at radius 2 is 2.25 bits per heavy atom. The summed E-state index contributed by atoms with van der Waals surface area (Å²) in [4.78, 5) is 18.4. The van der Waals surface area contributed by atoms with Gasteiger partial charge in [-0.2, -0.15) is 0 Å². The van der Waals surface area contributed by atoms with Crippen LogP contribution in [-0.4, -0.2) is 48.1 Å². The average molecular weight is 297 g/mol. The van der Waals surface area contributed by atoms with Gasteiger partial charge in [0.1, 0.15) is 0 Å². The van der Waals surface area contributed by atoms with Crippen LogP contribution in [0.2, 0.25) is 0 Å². The number of hydrogen-bond donors (Lipinski definition) is 1. The quantitative estimate of drug-likeness (QED) is 0.818. The Morgan fingerprint density at radius 3 is 2.90 bits per heavy atom. The first-order chi connectivity index (χ1) is 9.72. The molecule has 0 radical (unpaired) electrons. The second-order valence-corrected chi connectivity index (χ2v) is 5.88. The molecule has 0 saturated carbocycles. The standard InChI is InChI=1S/C14H23N3O2S/c1-3-7-17-8-5-11(6-9-17)15-14-16-12(10-20-14)13(18)19-4-2/h10-11H,3-9H2,1-2H3,(H,15,16). The summed E-state index contributed by atoms with van der Waals surface area (Å²) < 4.78 is 4.94. The molecule has 1 aliphatic heterocycles. The number of esters is 1. The number of rotatable bonds is 6. The van der Waals surface area contributed by atoms with Crippen molar-refractivity contribution in [2.24, 2.45) is 0 Å². The first-order valence-electron chi connectivity index (χ1n) is 7.34. The first-order valence-corrected chi connectivity index (χ1v) is 8.22. The summed E-state index contributed by atoms with van der Waals surface area (Å²) in [6.07, 6.45) is 3.48. The highest BCUT2D eigenvalue weighted by atomic mass is 32.1. The number of carbonyl (C=O) groups excluding carboxylic acids is 1. The van der Waals surface area contributed by atoms with Crippen molar-refractivity contribution in [3.63, 3.8) is 0 Å². The third-order valence-corrected chi connectivity index (χ3v) is 4.22. The number of nitrogens with zero attached hydrogens (tertiary/aromatic N) is 2. The molecule has 0 spiro atoms. The van der Waals surface area contributed by atoms with Crippen LogP contribution >= 0.6 is 11.3 Å². The number of anilines is 1. The van der Waals surface area contributed by atoms with Gasteiger partial charge in [-0.3, -0.25) is 0 Å². The zero-order valence-corrected chi connectivity index (χ0v) is 13.0. The molecule has 2 rings (SSSR count). The minimum Gasteiger partial charge on any atom is -0.461 e. The van der Waals surface area contributed by atoms with Gasteiger partial charge in [0.05, 0.1) is 6.61 Å². The summed E-state index contributed by atoms with van der Waals surface area (Å²) in [7, 11) is 0. The van der Waals surface area contributed by atoms with Gasteiger partial charge in [0.2, 0.25) is 0 Å². The Balaban J connectivity index is 1.81. The highest BCUT2D eigenvalue weighted by molar-refractivity contribution is 7.13. The first kappa shape index (κ1) is 15.3. The third kappa shape index (κ3) is 4.18. The topological polar surface area (TPSA) is 54.5 Å². The lowest BCUT2D eigenvalue weighted by Crippen LogP contribution is -2.39. The second-order valence-electron chi connectivity index (χ2n) is 5.02. The molecule has 6 heteroatoms. The van der Waals surface area contributed by atoms with E-state index in [-0.39, 0.29) is 5.97 Å². The number of hydrogen-bond acceptors (Lipinski definition) is 6. The molecule has 0 unspecified atom stereocenters. The maximum atomic E-state index is 11.6. The molecule has 0 aliphatic carbocycles. The van der Waals surface area contributed by atoms with Gasteiger partial charge in [-0.15, -0.1) is 11.3 Å². The number of likely N-dealkylation sites (tertiary alicyclic amines) is 1. The van der Waals surface area contributed by atoms with E-state index < -0.39 is 0 Å². The monoisotopic (exact) mass is 297 g/mol. The number of aromatic nitrogens is 1. The molecule has 0 bridgehead atoms. The van der Waals surface area contributed by atoms with Crippen molar-refractivity contribution in [1.29, 1.82) is 0 Å². The van der Waals surface area contributed by atoms with Gasteiger partial charge in [-0.25, -0.2) is 9.78 Å². The van der Waals surface area contributed by atoms with E-state index in [1.165, 1.54) is 24.3 Å². The Labute approximate surface area is 124 Å². The fourth-order valence-electron chi connectivity index (χ4n) is 2.43. The molecule has 1 N–H and O–H groups in total. The SMILES string of the molecule is CCCN1CCC(Nc2nc(C(=O)OCC)cs2)CC1. The minimum absolute atomic E-state index is 0.338. The van der Waals surface area contributed by atoms with Crippen molar-refractivity contribution in [3.05, 3.63) is 11.1 Å². The fourth-order valence-corrected chi connectivity index (χ4v) is 3.19. The normalized spacial score (nSPS) is 17.1.